The van der Waals surface area contributed by atoms with E-state index in [1.807, 2.05) is 30.3 Å². The number of carbonyl (C=O) groups is 2. The first-order valence-corrected chi connectivity index (χ1v) is 7.07. The number of halogens is 1. The zero-order chi connectivity index (χ0) is 14.4. The second-order valence-corrected chi connectivity index (χ2v) is 5.66. The van der Waals surface area contributed by atoms with Crippen molar-refractivity contribution >= 4 is 34.8 Å². The van der Waals surface area contributed by atoms with Crippen LogP contribution in [0, 0.1) is 0 Å². The zero-order valence-electron chi connectivity index (χ0n) is 10.5. The second-order valence-electron chi connectivity index (χ2n) is 3.94. The van der Waals surface area contributed by atoms with Crippen LogP contribution in [-0.2, 0) is 11.3 Å². The molecule has 4 nitrogen and oxygen atoms in total. The number of nitrogens with one attached hydrogen (secondary N) is 1. The van der Waals surface area contributed by atoms with Gasteiger partial charge in [0, 0.05) is 0 Å². The van der Waals surface area contributed by atoms with Crippen molar-refractivity contribution in [1.82, 2.24) is 5.32 Å². The van der Waals surface area contributed by atoms with Gasteiger partial charge in [0.1, 0.15) is 6.61 Å². The molecule has 0 bridgehead atoms. The minimum absolute atomic E-state index is 0.107. The largest absolute Gasteiger partial charge is 0.445 e. The van der Waals surface area contributed by atoms with Crippen LogP contribution < -0.4 is 5.32 Å². The first kappa shape index (κ1) is 14.6. The average Bonchev–Trinajstić information content (AvgIpc) is 2.90. The van der Waals surface area contributed by atoms with Crippen molar-refractivity contribution in [2.45, 2.75) is 6.61 Å². The number of hydrogen-bond donors (Lipinski definition) is 1. The number of ketones is 1. The quantitative estimate of drug-likeness (QED) is 0.860. The summed E-state index contributed by atoms with van der Waals surface area (Å²) in [6.45, 7) is 0.0656. The fourth-order valence-electron chi connectivity index (χ4n) is 1.48. The Labute approximate surface area is 125 Å². The molecule has 0 unspecified atom stereocenters. The molecule has 0 fully saturated rings. The van der Waals surface area contributed by atoms with Crippen LogP contribution in [0.25, 0.3) is 0 Å². The summed E-state index contributed by atoms with van der Waals surface area (Å²) in [5.74, 6) is -0.196. The number of benzene rings is 1. The van der Waals surface area contributed by atoms with Gasteiger partial charge in [0.25, 0.3) is 0 Å². The van der Waals surface area contributed by atoms with Crippen LogP contribution in [0.15, 0.2) is 42.5 Å². The van der Waals surface area contributed by atoms with Crippen molar-refractivity contribution in [2.24, 2.45) is 0 Å². The maximum atomic E-state index is 11.7. The van der Waals surface area contributed by atoms with E-state index in [9.17, 15) is 9.59 Å². The molecule has 1 heterocycles. The number of rotatable bonds is 5. The van der Waals surface area contributed by atoms with Crippen LogP contribution in [0.2, 0.25) is 4.34 Å². The van der Waals surface area contributed by atoms with Crippen LogP contribution in [0.3, 0.4) is 0 Å². The molecule has 0 aliphatic heterocycles. The number of hydrogen-bond acceptors (Lipinski definition) is 4. The van der Waals surface area contributed by atoms with E-state index in [2.05, 4.69) is 5.32 Å². The molecule has 0 aliphatic rings. The topological polar surface area (TPSA) is 55.4 Å². The average molecular weight is 310 g/mol. The van der Waals surface area contributed by atoms with Gasteiger partial charge in [0.15, 0.2) is 5.78 Å². The van der Waals surface area contributed by atoms with Crippen molar-refractivity contribution in [3.8, 4) is 0 Å². The molecule has 0 saturated carbocycles. The summed E-state index contributed by atoms with van der Waals surface area (Å²) in [5.41, 5.74) is 0.888. The number of amides is 1. The van der Waals surface area contributed by atoms with Gasteiger partial charge in [-0.15, -0.1) is 11.3 Å². The van der Waals surface area contributed by atoms with Gasteiger partial charge in [-0.1, -0.05) is 41.9 Å². The second kappa shape index (κ2) is 7.07. The fraction of sp³-hybridized carbons (Fsp3) is 0.143. The van der Waals surface area contributed by atoms with Crippen molar-refractivity contribution in [1.29, 1.82) is 0 Å². The van der Waals surface area contributed by atoms with Crippen LogP contribution in [0.1, 0.15) is 15.2 Å². The van der Waals surface area contributed by atoms with Gasteiger partial charge < -0.3 is 10.1 Å². The highest BCUT2D eigenvalue weighted by molar-refractivity contribution is 7.18. The van der Waals surface area contributed by atoms with Crippen molar-refractivity contribution in [3.05, 3.63) is 57.2 Å². The fourth-order valence-corrected chi connectivity index (χ4v) is 2.46. The van der Waals surface area contributed by atoms with Crippen LogP contribution >= 0.6 is 22.9 Å². The number of alkyl carbamates (subject to hydrolysis) is 1. The molecule has 0 radical (unpaired) electrons. The van der Waals surface area contributed by atoms with E-state index in [0.717, 1.165) is 5.56 Å². The normalized spacial score (nSPS) is 10.1. The Kier molecular flexibility index (Phi) is 5.15. The summed E-state index contributed by atoms with van der Waals surface area (Å²) in [6.07, 6.45) is -0.621. The standard InChI is InChI=1S/C14H12ClNO3S/c15-13-7-6-12(20-13)11(17)8-16-14(18)19-9-10-4-2-1-3-5-10/h1-7H,8-9H2,(H,16,18). The summed E-state index contributed by atoms with van der Waals surface area (Å²) in [7, 11) is 0. The van der Waals surface area contributed by atoms with Crippen LogP contribution in [0.4, 0.5) is 4.79 Å². The minimum atomic E-state index is -0.621. The Balaban J connectivity index is 1.74. The van der Waals surface area contributed by atoms with Gasteiger partial charge in [-0.3, -0.25) is 4.79 Å². The van der Waals surface area contributed by atoms with E-state index in [4.69, 9.17) is 16.3 Å². The molecular weight excluding hydrogens is 298 g/mol. The van der Waals surface area contributed by atoms with Crippen molar-refractivity contribution in [3.63, 3.8) is 0 Å². The SMILES string of the molecule is O=C(NCC(=O)c1ccc(Cl)s1)OCc1ccccc1. The molecule has 20 heavy (non-hydrogen) atoms. The molecule has 1 N–H and O–H groups in total. The lowest BCUT2D eigenvalue weighted by molar-refractivity contribution is 0.0978. The van der Waals surface area contributed by atoms with E-state index in [1.165, 1.54) is 11.3 Å². The Morgan fingerprint density at radius 1 is 1.15 bits per heavy atom. The first-order valence-electron chi connectivity index (χ1n) is 5.88. The van der Waals surface area contributed by atoms with Crippen LogP contribution in [0.5, 0.6) is 0 Å². The van der Waals surface area contributed by atoms with Crippen molar-refractivity contribution in [2.75, 3.05) is 6.54 Å². The third kappa shape index (κ3) is 4.36. The predicted octanol–water partition coefficient (Wildman–Crippen LogP) is 3.51. The van der Waals surface area contributed by atoms with E-state index in [0.29, 0.717) is 9.21 Å². The summed E-state index contributed by atoms with van der Waals surface area (Å²) in [4.78, 5) is 23.7. The molecule has 0 atom stereocenters. The van der Waals surface area contributed by atoms with Crippen molar-refractivity contribution < 1.29 is 14.3 Å². The number of Topliss-reactive ketones (excluding diaryl/α,β-unsaturated/α-hetero) is 1. The lowest BCUT2D eigenvalue weighted by Crippen LogP contribution is -2.29. The van der Waals surface area contributed by atoms with E-state index < -0.39 is 6.09 Å². The van der Waals surface area contributed by atoms with Gasteiger partial charge in [0.2, 0.25) is 0 Å². The predicted molar refractivity (Wildman–Crippen MR) is 78.3 cm³/mol. The molecule has 1 aromatic heterocycles. The highest BCUT2D eigenvalue weighted by atomic mass is 35.5. The Morgan fingerprint density at radius 3 is 2.55 bits per heavy atom. The maximum Gasteiger partial charge on any atom is 0.407 e. The molecule has 104 valence electrons. The number of ether oxygens (including phenoxy) is 1. The minimum Gasteiger partial charge on any atom is -0.445 e. The Bertz CT molecular complexity index is 597. The molecule has 2 aromatic rings. The molecule has 0 spiro atoms. The molecule has 2 rings (SSSR count). The summed E-state index contributed by atoms with van der Waals surface area (Å²) < 4.78 is 5.54. The smallest absolute Gasteiger partial charge is 0.407 e. The van der Waals surface area contributed by atoms with Gasteiger partial charge in [-0.2, -0.15) is 0 Å². The van der Waals surface area contributed by atoms with Gasteiger partial charge in [-0.05, 0) is 17.7 Å². The highest BCUT2D eigenvalue weighted by Gasteiger charge is 2.11. The first-order chi connectivity index (χ1) is 9.65. The van der Waals surface area contributed by atoms with Gasteiger partial charge in [0.05, 0.1) is 15.8 Å². The van der Waals surface area contributed by atoms with Gasteiger partial charge >= 0.3 is 6.09 Å². The third-order valence-corrected chi connectivity index (χ3v) is 3.73. The number of carbonyl (C=O) groups excluding carboxylic acids is 2. The van der Waals surface area contributed by atoms with E-state index >= 15 is 0 Å². The molecule has 6 heteroatoms. The van der Waals surface area contributed by atoms with Gasteiger partial charge in [-0.25, -0.2) is 4.79 Å². The van der Waals surface area contributed by atoms with E-state index in [-0.39, 0.29) is 18.9 Å². The molecule has 0 saturated heterocycles. The molecule has 1 amide bonds. The monoisotopic (exact) mass is 309 g/mol. The third-order valence-electron chi connectivity index (χ3n) is 2.45. The molecule has 1 aromatic carbocycles. The zero-order valence-corrected chi connectivity index (χ0v) is 12.0. The highest BCUT2D eigenvalue weighted by Crippen LogP contribution is 2.21. The lowest BCUT2D eigenvalue weighted by atomic mass is 10.2. The molecular formula is C14H12ClNO3S. The summed E-state index contributed by atoms with van der Waals surface area (Å²) in [6, 6.07) is 12.6. The van der Waals surface area contributed by atoms with Crippen LogP contribution in [-0.4, -0.2) is 18.4 Å². The molecule has 0 aliphatic carbocycles. The summed E-state index contributed by atoms with van der Waals surface area (Å²) >= 11 is 6.92. The number of thiophene rings is 1. The maximum absolute atomic E-state index is 11.7. The Hall–Kier alpha value is -1.85. The van der Waals surface area contributed by atoms with E-state index in [1.54, 1.807) is 12.1 Å². The summed E-state index contributed by atoms with van der Waals surface area (Å²) in [5, 5.41) is 2.41. The Morgan fingerprint density at radius 2 is 1.90 bits per heavy atom. The lowest BCUT2D eigenvalue weighted by Gasteiger charge is -2.06.